The molecule has 0 aliphatic carbocycles. The molecule has 0 bridgehead atoms. The van der Waals surface area contributed by atoms with E-state index >= 15 is 0 Å². The van der Waals surface area contributed by atoms with Crippen LogP contribution in [0.3, 0.4) is 0 Å². The smallest absolute Gasteiger partial charge is 0.424 e. The number of carbonyl (C=O) groups excluding carboxylic acids is 2. The number of halogens is 1. The maximum absolute atomic E-state index is 12.9. The minimum atomic E-state index is -0.797. The molecule has 0 aliphatic heterocycles. The molecule has 166 valence electrons. The van der Waals surface area contributed by atoms with Crippen LogP contribution in [0.2, 0.25) is 5.02 Å². The van der Waals surface area contributed by atoms with Crippen molar-refractivity contribution in [3.63, 3.8) is 0 Å². The van der Waals surface area contributed by atoms with E-state index in [1.54, 1.807) is 65.8 Å². The molecule has 0 atom stereocenters. The van der Waals surface area contributed by atoms with Gasteiger partial charge in [0.1, 0.15) is 11.2 Å². The average molecular weight is 444 g/mol. The fourth-order valence-corrected chi connectivity index (χ4v) is 2.92. The van der Waals surface area contributed by atoms with E-state index in [2.05, 4.69) is 6.58 Å². The van der Waals surface area contributed by atoms with Gasteiger partial charge in [-0.15, -0.1) is 0 Å². The van der Waals surface area contributed by atoms with Gasteiger partial charge in [0.25, 0.3) is 0 Å². The van der Waals surface area contributed by atoms with Crippen molar-refractivity contribution in [2.75, 3.05) is 4.90 Å². The molecule has 2 rings (SSSR count). The van der Waals surface area contributed by atoms with E-state index in [1.165, 1.54) is 0 Å². The average Bonchev–Trinajstić information content (AvgIpc) is 2.60. The number of carbonyl (C=O) groups is 2. The molecule has 0 saturated heterocycles. The molecule has 0 heterocycles. The van der Waals surface area contributed by atoms with Gasteiger partial charge in [-0.1, -0.05) is 36.4 Å². The fraction of sp³-hybridized carbons (Fsp3) is 0.360. The summed E-state index contributed by atoms with van der Waals surface area (Å²) in [6.45, 7) is 16.4. The summed E-state index contributed by atoms with van der Waals surface area (Å²) in [5.74, 6) is 0. The van der Waals surface area contributed by atoms with Crippen molar-refractivity contribution in [2.45, 2.75) is 59.7 Å². The third-order valence-corrected chi connectivity index (χ3v) is 4.38. The normalized spacial score (nSPS) is 11.6. The van der Waals surface area contributed by atoms with Crippen molar-refractivity contribution >= 4 is 35.0 Å². The lowest BCUT2D eigenvalue weighted by Gasteiger charge is -2.29. The van der Waals surface area contributed by atoms with Crippen molar-refractivity contribution < 1.29 is 19.1 Å². The second-order valence-corrected chi connectivity index (χ2v) is 9.72. The molecule has 5 nitrogen and oxygen atoms in total. The molecule has 2 aromatic carbocycles. The summed E-state index contributed by atoms with van der Waals surface area (Å²) in [7, 11) is 0. The topological polar surface area (TPSA) is 55.8 Å². The molecule has 31 heavy (non-hydrogen) atoms. The summed E-state index contributed by atoms with van der Waals surface area (Å²) < 4.78 is 10.9. The maximum atomic E-state index is 12.9. The minimum Gasteiger partial charge on any atom is -0.443 e. The van der Waals surface area contributed by atoms with Gasteiger partial charge in [-0.25, -0.2) is 9.59 Å². The highest BCUT2D eigenvalue weighted by Gasteiger charge is 2.33. The fourth-order valence-electron chi connectivity index (χ4n) is 2.80. The van der Waals surface area contributed by atoms with E-state index in [0.717, 1.165) is 21.6 Å². The first-order valence-corrected chi connectivity index (χ1v) is 10.4. The Kier molecular flexibility index (Phi) is 7.22. The van der Waals surface area contributed by atoms with E-state index < -0.39 is 23.4 Å². The second-order valence-electron chi connectivity index (χ2n) is 9.28. The van der Waals surface area contributed by atoms with Gasteiger partial charge in [0.15, 0.2) is 0 Å². The molecule has 0 aliphatic rings. The zero-order valence-electron chi connectivity index (χ0n) is 19.2. The van der Waals surface area contributed by atoms with Crippen molar-refractivity contribution in [1.82, 2.24) is 0 Å². The standard InChI is InChI=1S/C25H30ClNO4/c1-16-15-19(17(2)18-9-12-20(26)13-10-18)11-14-21(16)27(22(28)30-24(3,4)5)23(29)31-25(6,7)8/h9-15H,2H2,1,3-8H3. The first-order valence-electron chi connectivity index (χ1n) is 10.00. The van der Waals surface area contributed by atoms with Gasteiger partial charge < -0.3 is 9.47 Å². The summed E-state index contributed by atoms with van der Waals surface area (Å²) in [6.07, 6.45) is -1.59. The molecule has 0 unspecified atom stereocenters. The molecular weight excluding hydrogens is 414 g/mol. The summed E-state index contributed by atoms with van der Waals surface area (Å²) in [4.78, 5) is 26.7. The number of amides is 2. The van der Waals surface area contributed by atoms with Crippen LogP contribution in [0.1, 0.15) is 58.2 Å². The molecule has 0 fully saturated rings. The molecule has 0 radical (unpaired) electrons. The molecule has 6 heteroatoms. The highest BCUT2D eigenvalue weighted by molar-refractivity contribution is 6.30. The van der Waals surface area contributed by atoms with Gasteiger partial charge in [0, 0.05) is 5.02 Å². The lowest BCUT2D eigenvalue weighted by atomic mass is 9.97. The largest absolute Gasteiger partial charge is 0.443 e. The van der Waals surface area contributed by atoms with Crippen LogP contribution in [0.15, 0.2) is 49.0 Å². The van der Waals surface area contributed by atoms with Crippen LogP contribution in [-0.2, 0) is 9.47 Å². The van der Waals surface area contributed by atoms with E-state index in [1.807, 2.05) is 25.1 Å². The number of anilines is 1. The van der Waals surface area contributed by atoms with Gasteiger partial charge in [-0.2, -0.15) is 4.90 Å². The quantitative estimate of drug-likeness (QED) is 0.496. The molecular formula is C25H30ClNO4. The Morgan fingerprint density at radius 3 is 1.71 bits per heavy atom. The number of benzene rings is 2. The first-order chi connectivity index (χ1) is 14.2. The van der Waals surface area contributed by atoms with Crippen molar-refractivity contribution in [2.24, 2.45) is 0 Å². The lowest BCUT2D eigenvalue weighted by molar-refractivity contribution is 0.0430. The van der Waals surface area contributed by atoms with Crippen molar-refractivity contribution in [3.05, 3.63) is 70.8 Å². The maximum Gasteiger partial charge on any atom is 0.424 e. The van der Waals surface area contributed by atoms with Crippen LogP contribution in [0.25, 0.3) is 5.57 Å². The van der Waals surface area contributed by atoms with Crippen molar-refractivity contribution in [1.29, 1.82) is 0 Å². The number of hydrogen-bond acceptors (Lipinski definition) is 4. The Morgan fingerprint density at radius 2 is 1.29 bits per heavy atom. The van der Waals surface area contributed by atoms with Crippen LogP contribution in [0.4, 0.5) is 15.3 Å². The predicted molar refractivity (Wildman–Crippen MR) is 126 cm³/mol. The number of ether oxygens (including phenoxy) is 2. The van der Waals surface area contributed by atoms with Crippen LogP contribution in [0.5, 0.6) is 0 Å². The van der Waals surface area contributed by atoms with E-state index in [9.17, 15) is 9.59 Å². The van der Waals surface area contributed by atoms with Gasteiger partial charge >= 0.3 is 12.2 Å². The SMILES string of the molecule is C=C(c1ccc(Cl)cc1)c1ccc(N(C(=O)OC(C)(C)C)C(=O)OC(C)(C)C)c(C)c1. The molecule has 0 saturated carbocycles. The summed E-state index contributed by atoms with van der Waals surface area (Å²) in [5, 5.41) is 0.647. The van der Waals surface area contributed by atoms with E-state index in [4.69, 9.17) is 21.1 Å². The Bertz CT molecular complexity index is 954. The Balaban J connectivity index is 2.43. The highest BCUT2D eigenvalue weighted by Crippen LogP contribution is 2.30. The number of aryl methyl sites for hydroxylation is 1. The van der Waals surface area contributed by atoms with Crippen LogP contribution < -0.4 is 4.90 Å². The van der Waals surface area contributed by atoms with Crippen LogP contribution >= 0.6 is 11.6 Å². The van der Waals surface area contributed by atoms with Gasteiger partial charge in [0.05, 0.1) is 5.69 Å². The summed E-state index contributed by atoms with van der Waals surface area (Å²) in [5.41, 5.74) is 2.12. The van der Waals surface area contributed by atoms with Gasteiger partial charge in [-0.3, -0.25) is 0 Å². The molecule has 2 aromatic rings. The molecule has 2 amide bonds. The Labute approximate surface area is 189 Å². The van der Waals surface area contributed by atoms with Gasteiger partial charge in [-0.05, 0) is 95.0 Å². The number of imide groups is 1. The highest BCUT2D eigenvalue weighted by atomic mass is 35.5. The predicted octanol–water partition coefficient (Wildman–Crippen LogP) is 7.39. The number of hydrogen-bond donors (Lipinski definition) is 0. The third kappa shape index (κ3) is 6.86. The minimum absolute atomic E-state index is 0.385. The van der Waals surface area contributed by atoms with Crippen LogP contribution in [-0.4, -0.2) is 23.4 Å². The molecule has 0 N–H and O–H groups in total. The van der Waals surface area contributed by atoms with Gasteiger partial charge in [0.2, 0.25) is 0 Å². The zero-order valence-corrected chi connectivity index (χ0v) is 20.0. The van der Waals surface area contributed by atoms with E-state index in [0.29, 0.717) is 16.3 Å². The molecule has 0 spiro atoms. The summed E-state index contributed by atoms with van der Waals surface area (Å²) in [6, 6.07) is 12.8. The van der Waals surface area contributed by atoms with Crippen LogP contribution in [0, 0.1) is 6.92 Å². The monoisotopic (exact) mass is 443 g/mol. The summed E-state index contributed by atoms with van der Waals surface area (Å²) >= 11 is 5.97. The zero-order chi connectivity index (χ0) is 23.6. The number of nitrogens with zero attached hydrogens (tertiary/aromatic N) is 1. The Hall–Kier alpha value is -2.79. The lowest BCUT2D eigenvalue weighted by Crippen LogP contribution is -2.44. The Morgan fingerprint density at radius 1 is 0.839 bits per heavy atom. The molecule has 0 aromatic heterocycles. The first kappa shape index (κ1) is 24.5. The van der Waals surface area contributed by atoms with Crippen molar-refractivity contribution in [3.8, 4) is 0 Å². The number of rotatable bonds is 3. The third-order valence-electron chi connectivity index (χ3n) is 4.13. The van der Waals surface area contributed by atoms with E-state index in [-0.39, 0.29) is 0 Å². The second kappa shape index (κ2) is 9.15.